The van der Waals surface area contributed by atoms with E-state index in [1.807, 2.05) is 12.4 Å². The van der Waals surface area contributed by atoms with Crippen LogP contribution in [-0.4, -0.2) is 49.7 Å². The van der Waals surface area contributed by atoms with Crippen molar-refractivity contribution >= 4 is 11.9 Å². The molecule has 1 aromatic carbocycles. The van der Waals surface area contributed by atoms with Crippen LogP contribution in [-0.2, 0) is 22.6 Å². The minimum Gasteiger partial charge on any atom is -0.493 e. The third-order valence-electron chi connectivity index (χ3n) is 6.90. The van der Waals surface area contributed by atoms with Crippen molar-refractivity contribution in [3.8, 4) is 5.75 Å². The molecule has 0 spiro atoms. The molecular formula is C25H32F2N4O3. The van der Waals surface area contributed by atoms with Gasteiger partial charge in [-0.25, -0.2) is 18.7 Å². The van der Waals surface area contributed by atoms with E-state index in [1.54, 1.807) is 7.11 Å². The van der Waals surface area contributed by atoms with E-state index >= 15 is 0 Å². The van der Waals surface area contributed by atoms with Gasteiger partial charge in [0.05, 0.1) is 19.6 Å². The molecule has 1 aliphatic carbocycles. The van der Waals surface area contributed by atoms with Gasteiger partial charge in [-0.2, -0.15) is 0 Å². The second kappa shape index (κ2) is 11.1. The van der Waals surface area contributed by atoms with E-state index in [0.717, 1.165) is 56.0 Å². The average Bonchev–Trinajstić information content (AvgIpc) is 3.61. The molecule has 2 aromatic rings. The van der Waals surface area contributed by atoms with Gasteiger partial charge >= 0.3 is 0 Å². The molecule has 1 aliphatic heterocycles. The van der Waals surface area contributed by atoms with E-state index in [0.29, 0.717) is 31.0 Å². The third kappa shape index (κ3) is 6.00. The maximum atomic E-state index is 14.2. The number of amides is 1. The molecule has 2 atom stereocenters. The number of aromatic nitrogens is 2. The number of nitrogens with one attached hydrogen (secondary N) is 1. The number of carbonyl (C=O) groups is 1. The number of halogens is 2. The molecule has 4 rings (SSSR count). The quantitative estimate of drug-likeness (QED) is 0.568. The lowest BCUT2D eigenvalue weighted by Gasteiger charge is -2.32. The second-order valence-electron chi connectivity index (χ2n) is 9.16. The average molecular weight is 475 g/mol. The number of ether oxygens (including phenoxy) is 2. The van der Waals surface area contributed by atoms with Gasteiger partial charge in [0.1, 0.15) is 17.4 Å². The molecular weight excluding hydrogens is 442 g/mol. The van der Waals surface area contributed by atoms with Gasteiger partial charge in [0.25, 0.3) is 0 Å². The molecule has 0 radical (unpaired) electrons. The molecule has 2 unspecified atom stereocenters. The first-order valence-corrected chi connectivity index (χ1v) is 11.8. The second-order valence-corrected chi connectivity index (χ2v) is 9.16. The first kappa shape index (κ1) is 24.3. The number of hydrogen-bond acceptors (Lipinski definition) is 6. The summed E-state index contributed by atoms with van der Waals surface area (Å²) in [5.74, 6) is 0.969. The van der Waals surface area contributed by atoms with E-state index in [9.17, 15) is 13.6 Å². The summed E-state index contributed by atoms with van der Waals surface area (Å²) in [4.78, 5) is 22.6. The minimum atomic E-state index is -0.757. The number of benzene rings is 1. The molecule has 1 N–H and O–H groups in total. The van der Waals surface area contributed by atoms with Gasteiger partial charge in [-0.1, -0.05) is 0 Å². The van der Waals surface area contributed by atoms with Gasteiger partial charge in [0.2, 0.25) is 11.9 Å². The van der Waals surface area contributed by atoms with Crippen LogP contribution in [0.5, 0.6) is 5.75 Å². The topological polar surface area (TPSA) is 76.6 Å². The molecule has 9 heteroatoms. The molecule has 2 heterocycles. The Labute approximate surface area is 198 Å². The Morgan fingerprint density at radius 2 is 1.85 bits per heavy atom. The number of likely N-dealkylation sites (N-methyl/N-ethyl adjacent to an activating group) is 1. The first-order chi connectivity index (χ1) is 16.5. The summed E-state index contributed by atoms with van der Waals surface area (Å²) >= 11 is 0. The lowest BCUT2D eigenvalue weighted by molar-refractivity contribution is -0.120. The Bertz CT molecular complexity index is 958. The zero-order valence-electron chi connectivity index (χ0n) is 19.7. The molecule has 1 saturated heterocycles. The predicted molar refractivity (Wildman–Crippen MR) is 124 cm³/mol. The molecule has 2 fully saturated rings. The van der Waals surface area contributed by atoms with Crippen LogP contribution in [0.25, 0.3) is 0 Å². The van der Waals surface area contributed by atoms with Crippen LogP contribution in [0.1, 0.15) is 36.8 Å². The van der Waals surface area contributed by atoms with Gasteiger partial charge in [0, 0.05) is 62.9 Å². The molecule has 2 aliphatic rings. The van der Waals surface area contributed by atoms with Gasteiger partial charge in [-0.05, 0) is 43.4 Å². The van der Waals surface area contributed by atoms with Crippen LogP contribution in [0.3, 0.4) is 0 Å². The zero-order chi connectivity index (χ0) is 24.1. The van der Waals surface area contributed by atoms with Crippen molar-refractivity contribution in [1.29, 1.82) is 0 Å². The van der Waals surface area contributed by atoms with Gasteiger partial charge in [0.15, 0.2) is 0 Å². The summed E-state index contributed by atoms with van der Waals surface area (Å²) in [6.07, 6.45) is 7.61. The van der Waals surface area contributed by atoms with Crippen LogP contribution in [0.15, 0.2) is 24.5 Å². The summed E-state index contributed by atoms with van der Waals surface area (Å²) in [5.41, 5.74) is 0.728. The summed E-state index contributed by atoms with van der Waals surface area (Å²) < 4.78 is 39.1. The highest BCUT2D eigenvalue weighted by atomic mass is 19.1. The lowest BCUT2D eigenvalue weighted by atomic mass is 9.90. The number of carbonyl (C=O) groups excluding carboxylic acids is 1. The van der Waals surface area contributed by atoms with Crippen molar-refractivity contribution in [3.05, 3.63) is 47.3 Å². The van der Waals surface area contributed by atoms with Gasteiger partial charge < -0.3 is 19.7 Å². The Balaban J connectivity index is 1.19. The smallest absolute Gasteiger partial charge is 0.225 e. The Kier molecular flexibility index (Phi) is 7.92. The predicted octanol–water partition coefficient (Wildman–Crippen LogP) is 3.51. The van der Waals surface area contributed by atoms with Gasteiger partial charge in [-0.15, -0.1) is 0 Å². The van der Waals surface area contributed by atoms with Crippen molar-refractivity contribution < 1.29 is 23.0 Å². The maximum Gasteiger partial charge on any atom is 0.225 e. The SMILES string of the molecule is CNC(=O)Cc1c(F)cc(OCCC2CC2C2CCN(c3ncc(COC)cn3)CC2)cc1F. The van der Waals surface area contributed by atoms with Crippen molar-refractivity contribution in [3.63, 3.8) is 0 Å². The number of rotatable bonds is 10. The minimum absolute atomic E-state index is 0.165. The monoisotopic (exact) mass is 474 g/mol. The number of anilines is 1. The molecule has 1 saturated carbocycles. The van der Waals surface area contributed by atoms with Crippen molar-refractivity contribution in [2.24, 2.45) is 17.8 Å². The Morgan fingerprint density at radius 1 is 1.18 bits per heavy atom. The van der Waals surface area contributed by atoms with Gasteiger partial charge in [-0.3, -0.25) is 4.79 Å². The Hall–Kier alpha value is -2.81. The van der Waals surface area contributed by atoms with E-state index in [1.165, 1.54) is 13.5 Å². The Morgan fingerprint density at radius 3 is 2.47 bits per heavy atom. The van der Waals surface area contributed by atoms with E-state index in [4.69, 9.17) is 9.47 Å². The number of hydrogen-bond donors (Lipinski definition) is 1. The zero-order valence-corrected chi connectivity index (χ0v) is 19.7. The summed E-state index contributed by atoms with van der Waals surface area (Å²) in [7, 11) is 3.09. The maximum absolute atomic E-state index is 14.2. The summed E-state index contributed by atoms with van der Waals surface area (Å²) in [6, 6.07) is 2.32. The fourth-order valence-electron chi connectivity index (χ4n) is 4.87. The molecule has 1 aromatic heterocycles. The fraction of sp³-hybridized carbons (Fsp3) is 0.560. The first-order valence-electron chi connectivity index (χ1n) is 11.8. The van der Waals surface area contributed by atoms with Crippen LogP contribution in [0, 0.1) is 29.4 Å². The highest BCUT2D eigenvalue weighted by Gasteiger charge is 2.43. The summed E-state index contributed by atoms with van der Waals surface area (Å²) in [6.45, 7) is 2.85. The molecule has 1 amide bonds. The largest absolute Gasteiger partial charge is 0.493 e. The molecule has 0 bridgehead atoms. The number of methoxy groups -OCH3 is 1. The van der Waals surface area contributed by atoms with E-state index in [2.05, 4.69) is 20.2 Å². The normalized spacial score (nSPS) is 20.3. The van der Waals surface area contributed by atoms with E-state index < -0.39 is 17.5 Å². The van der Waals surface area contributed by atoms with E-state index in [-0.39, 0.29) is 17.7 Å². The van der Waals surface area contributed by atoms with Crippen LogP contribution < -0.4 is 15.0 Å². The lowest BCUT2D eigenvalue weighted by Crippen LogP contribution is -2.35. The van der Waals surface area contributed by atoms with Crippen molar-refractivity contribution in [2.45, 2.75) is 38.7 Å². The third-order valence-corrected chi connectivity index (χ3v) is 6.90. The van der Waals surface area contributed by atoms with Crippen LogP contribution in [0.4, 0.5) is 14.7 Å². The summed E-state index contributed by atoms with van der Waals surface area (Å²) in [5, 5.41) is 2.37. The molecule has 7 nitrogen and oxygen atoms in total. The molecule has 184 valence electrons. The van der Waals surface area contributed by atoms with Crippen LogP contribution >= 0.6 is 0 Å². The van der Waals surface area contributed by atoms with Crippen LogP contribution in [0.2, 0.25) is 0 Å². The number of nitrogens with zero attached hydrogens (tertiary/aromatic N) is 3. The highest BCUT2D eigenvalue weighted by molar-refractivity contribution is 5.78. The standard InChI is InChI=1S/C25H32F2N4O3/c1-28-24(32)12-21-22(26)10-19(11-23(21)27)34-8-5-18-9-20(18)17-3-6-31(7-4-17)25-29-13-16(14-30-25)15-33-2/h10-11,13-14,17-18,20H,3-9,12,15H2,1-2H3,(H,28,32). The molecule has 34 heavy (non-hydrogen) atoms. The van der Waals surface area contributed by atoms with Crippen molar-refractivity contribution in [1.82, 2.24) is 15.3 Å². The van der Waals surface area contributed by atoms with Crippen molar-refractivity contribution in [2.75, 3.05) is 38.8 Å². The number of piperidine rings is 1. The fourth-order valence-corrected chi connectivity index (χ4v) is 4.87. The highest BCUT2D eigenvalue weighted by Crippen LogP contribution is 2.49.